The SMILES string of the molecule is CS(=O)(=O)NCCC(=O)N1CCCC(CCc2ccc(F)c(F)c2)C1. The summed E-state index contributed by atoms with van der Waals surface area (Å²) in [6.07, 6.45) is 4.54. The lowest BCUT2D eigenvalue weighted by Gasteiger charge is -2.33. The highest BCUT2D eigenvalue weighted by molar-refractivity contribution is 7.88. The van der Waals surface area contributed by atoms with Gasteiger partial charge < -0.3 is 4.90 Å². The molecule has 0 aliphatic carbocycles. The topological polar surface area (TPSA) is 66.5 Å². The van der Waals surface area contributed by atoms with E-state index in [0.717, 1.165) is 37.1 Å². The number of rotatable bonds is 7. The number of nitrogens with one attached hydrogen (secondary N) is 1. The van der Waals surface area contributed by atoms with E-state index in [1.165, 1.54) is 6.07 Å². The number of sulfonamides is 1. The summed E-state index contributed by atoms with van der Waals surface area (Å²) < 4.78 is 50.5. The van der Waals surface area contributed by atoms with Crippen LogP contribution >= 0.6 is 0 Å². The summed E-state index contributed by atoms with van der Waals surface area (Å²) in [5.41, 5.74) is 0.750. The second-order valence-electron chi connectivity index (χ2n) is 6.55. The van der Waals surface area contributed by atoms with Crippen LogP contribution in [0.15, 0.2) is 18.2 Å². The first-order valence-electron chi connectivity index (χ1n) is 8.41. The normalized spacial score (nSPS) is 18.4. The zero-order chi connectivity index (χ0) is 18.4. The number of hydrogen-bond acceptors (Lipinski definition) is 3. The number of likely N-dealkylation sites (tertiary alicyclic amines) is 1. The minimum absolute atomic E-state index is 0.0614. The molecule has 1 aromatic rings. The maximum Gasteiger partial charge on any atom is 0.223 e. The number of amides is 1. The van der Waals surface area contributed by atoms with E-state index in [1.54, 1.807) is 11.0 Å². The van der Waals surface area contributed by atoms with Crippen molar-refractivity contribution in [2.75, 3.05) is 25.9 Å². The lowest BCUT2D eigenvalue weighted by Crippen LogP contribution is -2.41. The van der Waals surface area contributed by atoms with Gasteiger partial charge >= 0.3 is 0 Å². The van der Waals surface area contributed by atoms with E-state index in [-0.39, 0.29) is 18.9 Å². The van der Waals surface area contributed by atoms with Gasteiger partial charge in [0.1, 0.15) is 0 Å². The molecule has 2 rings (SSSR count). The van der Waals surface area contributed by atoms with Crippen LogP contribution in [0.1, 0.15) is 31.2 Å². The van der Waals surface area contributed by atoms with E-state index in [0.29, 0.717) is 25.4 Å². The molecule has 1 atom stereocenters. The summed E-state index contributed by atoms with van der Waals surface area (Å²) in [4.78, 5) is 14.0. The molecule has 1 heterocycles. The minimum atomic E-state index is -3.29. The van der Waals surface area contributed by atoms with E-state index >= 15 is 0 Å². The maximum absolute atomic E-state index is 13.2. The molecular formula is C17H24F2N2O3S. The van der Waals surface area contributed by atoms with Crippen molar-refractivity contribution in [1.29, 1.82) is 0 Å². The molecular weight excluding hydrogens is 350 g/mol. The number of aryl methyl sites for hydroxylation is 1. The Balaban J connectivity index is 1.79. The van der Waals surface area contributed by atoms with Crippen LogP contribution in [-0.4, -0.2) is 45.1 Å². The second-order valence-corrected chi connectivity index (χ2v) is 8.38. The van der Waals surface area contributed by atoms with Gasteiger partial charge in [-0.2, -0.15) is 0 Å². The summed E-state index contributed by atoms with van der Waals surface area (Å²) >= 11 is 0. The van der Waals surface area contributed by atoms with Crippen LogP contribution in [0.3, 0.4) is 0 Å². The highest BCUT2D eigenvalue weighted by Gasteiger charge is 2.23. The molecule has 1 N–H and O–H groups in total. The fraction of sp³-hybridized carbons (Fsp3) is 0.588. The number of piperidine rings is 1. The molecule has 25 heavy (non-hydrogen) atoms. The molecule has 140 valence electrons. The van der Waals surface area contributed by atoms with Gasteiger partial charge in [-0.05, 0) is 49.3 Å². The van der Waals surface area contributed by atoms with Crippen molar-refractivity contribution in [2.24, 2.45) is 5.92 Å². The van der Waals surface area contributed by atoms with E-state index in [1.807, 2.05) is 0 Å². The molecule has 1 saturated heterocycles. The Kier molecular flexibility index (Phi) is 6.89. The fourth-order valence-corrected chi connectivity index (χ4v) is 3.57. The zero-order valence-electron chi connectivity index (χ0n) is 14.3. The molecule has 1 aliphatic rings. The first-order valence-corrected chi connectivity index (χ1v) is 10.3. The van der Waals surface area contributed by atoms with Crippen molar-refractivity contribution >= 4 is 15.9 Å². The zero-order valence-corrected chi connectivity index (χ0v) is 15.1. The largest absolute Gasteiger partial charge is 0.342 e. The highest BCUT2D eigenvalue weighted by Crippen LogP contribution is 2.22. The average Bonchev–Trinajstić information content (AvgIpc) is 2.55. The predicted octanol–water partition coefficient (Wildman–Crippen LogP) is 2.08. The van der Waals surface area contributed by atoms with E-state index in [4.69, 9.17) is 0 Å². The summed E-state index contributed by atoms with van der Waals surface area (Å²) in [6.45, 7) is 1.41. The Morgan fingerprint density at radius 2 is 2.08 bits per heavy atom. The van der Waals surface area contributed by atoms with Crippen LogP contribution in [0.4, 0.5) is 8.78 Å². The van der Waals surface area contributed by atoms with Gasteiger partial charge in [0.15, 0.2) is 11.6 Å². The van der Waals surface area contributed by atoms with Gasteiger partial charge in [-0.3, -0.25) is 4.79 Å². The second kappa shape index (κ2) is 8.71. The molecule has 0 spiro atoms. The van der Waals surface area contributed by atoms with Gasteiger partial charge in [0.05, 0.1) is 6.26 Å². The first kappa shape index (κ1) is 19.8. The van der Waals surface area contributed by atoms with Crippen molar-refractivity contribution in [2.45, 2.75) is 32.1 Å². The first-order chi connectivity index (χ1) is 11.7. The molecule has 8 heteroatoms. The molecule has 0 saturated carbocycles. The van der Waals surface area contributed by atoms with Gasteiger partial charge in [-0.15, -0.1) is 0 Å². The van der Waals surface area contributed by atoms with Gasteiger partial charge in [0, 0.05) is 26.1 Å². The smallest absolute Gasteiger partial charge is 0.223 e. The minimum Gasteiger partial charge on any atom is -0.342 e. The lowest BCUT2D eigenvalue weighted by atomic mass is 9.91. The summed E-state index contributed by atoms with van der Waals surface area (Å²) in [5.74, 6) is -1.43. The number of benzene rings is 1. The molecule has 1 aliphatic heterocycles. The molecule has 0 aromatic heterocycles. The van der Waals surface area contributed by atoms with Crippen LogP contribution in [0.25, 0.3) is 0 Å². The molecule has 1 aromatic carbocycles. The third-order valence-corrected chi connectivity index (χ3v) is 5.13. The van der Waals surface area contributed by atoms with Crippen LogP contribution in [0.5, 0.6) is 0 Å². The van der Waals surface area contributed by atoms with Crippen LogP contribution < -0.4 is 4.72 Å². The molecule has 5 nitrogen and oxygen atoms in total. The van der Waals surface area contributed by atoms with Crippen LogP contribution in [-0.2, 0) is 21.2 Å². The Bertz CT molecular complexity index is 710. The van der Waals surface area contributed by atoms with Crippen molar-refractivity contribution in [1.82, 2.24) is 9.62 Å². The quantitative estimate of drug-likeness (QED) is 0.795. The fourth-order valence-electron chi connectivity index (χ4n) is 3.09. The van der Waals surface area contributed by atoms with Gasteiger partial charge in [0.2, 0.25) is 15.9 Å². The Labute approximate surface area is 147 Å². The summed E-state index contributed by atoms with van der Waals surface area (Å²) in [5, 5.41) is 0. The molecule has 1 unspecified atom stereocenters. The Morgan fingerprint density at radius 3 is 2.76 bits per heavy atom. The molecule has 1 fully saturated rings. The lowest BCUT2D eigenvalue weighted by molar-refractivity contribution is -0.132. The molecule has 1 amide bonds. The summed E-state index contributed by atoms with van der Waals surface area (Å²) in [6, 6.07) is 3.94. The number of hydrogen-bond donors (Lipinski definition) is 1. The van der Waals surface area contributed by atoms with Gasteiger partial charge in [-0.25, -0.2) is 21.9 Å². The van der Waals surface area contributed by atoms with E-state index in [2.05, 4.69) is 4.72 Å². The number of carbonyl (C=O) groups is 1. The summed E-state index contributed by atoms with van der Waals surface area (Å²) in [7, 11) is -3.29. The molecule has 0 radical (unpaired) electrons. The third kappa shape index (κ3) is 6.70. The van der Waals surface area contributed by atoms with Crippen molar-refractivity contribution in [3.05, 3.63) is 35.4 Å². The number of nitrogens with zero attached hydrogens (tertiary/aromatic N) is 1. The van der Waals surface area contributed by atoms with Crippen molar-refractivity contribution < 1.29 is 22.0 Å². The van der Waals surface area contributed by atoms with E-state index < -0.39 is 21.7 Å². The maximum atomic E-state index is 13.2. The number of carbonyl (C=O) groups excluding carboxylic acids is 1. The van der Waals surface area contributed by atoms with Crippen molar-refractivity contribution in [3.8, 4) is 0 Å². The van der Waals surface area contributed by atoms with E-state index in [9.17, 15) is 22.0 Å². The van der Waals surface area contributed by atoms with Crippen molar-refractivity contribution in [3.63, 3.8) is 0 Å². The standard InChI is InChI=1S/C17H24F2N2O3S/c1-25(23,24)20-9-8-17(22)21-10-2-3-14(12-21)5-4-13-6-7-15(18)16(19)11-13/h6-7,11,14,20H,2-5,8-10,12H2,1H3. The Morgan fingerprint density at radius 1 is 1.32 bits per heavy atom. The Hall–Kier alpha value is -1.54. The average molecular weight is 374 g/mol. The monoisotopic (exact) mass is 374 g/mol. The number of halogens is 2. The van der Waals surface area contributed by atoms with Crippen LogP contribution in [0.2, 0.25) is 0 Å². The van der Waals surface area contributed by atoms with Gasteiger partial charge in [-0.1, -0.05) is 6.07 Å². The predicted molar refractivity (Wildman–Crippen MR) is 91.4 cm³/mol. The van der Waals surface area contributed by atoms with Gasteiger partial charge in [0.25, 0.3) is 0 Å². The van der Waals surface area contributed by atoms with Crippen LogP contribution in [0, 0.1) is 17.6 Å². The molecule has 0 bridgehead atoms. The highest BCUT2D eigenvalue weighted by atomic mass is 32.2. The third-order valence-electron chi connectivity index (χ3n) is 4.40.